The molecule has 79 valence electrons. The third-order valence-electron chi connectivity index (χ3n) is 0. The van der Waals surface area contributed by atoms with Gasteiger partial charge in [-0.15, -0.1) is 0 Å². The van der Waals surface area contributed by atoms with Crippen LogP contribution in [0.4, 0.5) is 0 Å². The molecule has 0 aliphatic heterocycles. The van der Waals surface area contributed by atoms with E-state index in [1.54, 1.807) is 0 Å². The van der Waals surface area contributed by atoms with E-state index in [-0.39, 0.29) is 0 Å². The quantitative estimate of drug-likeness (QED) is 0.470. The van der Waals surface area contributed by atoms with Crippen LogP contribution in [0.1, 0.15) is 0 Å². The molecule has 0 rings (SSSR count). The second-order valence-electron chi connectivity index (χ2n) is 15.0. The fourth-order valence-corrected chi connectivity index (χ4v) is 0. The van der Waals surface area contributed by atoms with E-state index in [4.69, 9.17) is 0 Å². The van der Waals surface area contributed by atoms with Gasteiger partial charge in [-0.3, -0.25) is 0 Å². The molecule has 0 aromatic heterocycles. The molecule has 11 heavy (non-hydrogen) atoms. The number of hydrogen-bond acceptors (Lipinski definition) is 0. The Bertz CT molecular complexity index is 252. The Kier molecular flexibility index (Phi) is 0.480. The van der Waals surface area contributed by atoms with Crippen molar-refractivity contribution in [3.63, 3.8) is 0 Å². The third-order valence-corrected chi connectivity index (χ3v) is 0. The Balaban J connectivity index is 7.25. The van der Waals surface area contributed by atoms with Gasteiger partial charge in [0.05, 0.1) is 0 Å². The van der Waals surface area contributed by atoms with E-state index in [9.17, 15) is 0 Å². The maximum absolute atomic E-state index is 3.86. The first kappa shape index (κ1) is 11.5. The SMILES string of the molecule is [CH3][Co]([CH3])([CH3])([CH3])([CH3])([CH3])([CH3])([CH3])([CH3])[CH3]. The van der Waals surface area contributed by atoms with Crippen LogP contribution in [0.5, 0.6) is 0 Å². The molecule has 0 atom stereocenters. The van der Waals surface area contributed by atoms with Crippen LogP contribution in [0.3, 0.4) is 0 Å². The van der Waals surface area contributed by atoms with Crippen LogP contribution in [0.2, 0.25) is 58.6 Å². The zero-order valence-corrected chi connectivity index (χ0v) is 11.4. The molecule has 0 unspecified atom stereocenters. The zero-order valence-electron chi connectivity index (χ0n) is 10.3. The summed E-state index contributed by atoms with van der Waals surface area (Å²) in [6.45, 7) is 0. The topological polar surface area (TPSA) is 0 Å². The monoisotopic (exact) mass is 209 g/mol. The molecule has 0 N–H and O–H groups in total. The molecule has 0 heterocycles. The van der Waals surface area contributed by atoms with Crippen molar-refractivity contribution in [1.29, 1.82) is 0 Å². The fraction of sp³-hybridized carbons (Fsp3) is 1.00. The number of hydrogen-bond donors (Lipinski definition) is 0. The molecule has 0 saturated carbocycles. The van der Waals surface area contributed by atoms with Crippen molar-refractivity contribution >= 4 is 0 Å². The molecule has 1 heteroatoms. The first-order valence-electron chi connectivity index (χ1n) is 3.33. The summed E-state index contributed by atoms with van der Waals surface area (Å²) in [6, 6.07) is 0. The Morgan fingerprint density at radius 3 is 0.364 bits per heavy atom. The zero-order chi connectivity index (χ0) is 10.3. The van der Waals surface area contributed by atoms with Gasteiger partial charge in [-0.25, -0.2) is 0 Å². The minimum atomic E-state index is -3.86. The number of rotatable bonds is 0. The summed E-state index contributed by atoms with van der Waals surface area (Å²) in [6.07, 6.45) is -3.86. The summed E-state index contributed by atoms with van der Waals surface area (Å²) in [5, 5.41) is 0. The van der Waals surface area contributed by atoms with Gasteiger partial charge in [0.25, 0.3) is 0 Å². The predicted molar refractivity (Wildman–Crippen MR) is 58.6 cm³/mol. The van der Waals surface area contributed by atoms with E-state index < -0.39 is 6.37 Å². The van der Waals surface area contributed by atoms with Crippen molar-refractivity contribution in [2.75, 3.05) is 0 Å². The molecule has 0 fully saturated rings. The Morgan fingerprint density at radius 1 is 0.364 bits per heavy atom. The molecule has 0 radical (unpaired) electrons. The Hall–Kier alpha value is 0.506. The summed E-state index contributed by atoms with van der Waals surface area (Å²) >= 11 is 0. The summed E-state index contributed by atoms with van der Waals surface area (Å²) in [4.78, 5) is 0. The first-order valence-corrected chi connectivity index (χ1v) is 13.7. The van der Waals surface area contributed by atoms with Crippen molar-refractivity contribution in [3.05, 3.63) is 0 Å². The maximum atomic E-state index is 2.42. The van der Waals surface area contributed by atoms with Crippen LogP contribution in [-0.2, 0) is 6.37 Å². The average Bonchev–Trinajstić information content (AvgIpc) is 0.439. The Morgan fingerprint density at radius 2 is 0.364 bits per heavy atom. The first-order chi connectivity index (χ1) is 3.16. The van der Waals surface area contributed by atoms with E-state index in [2.05, 4.69) is 58.6 Å². The van der Waals surface area contributed by atoms with Crippen LogP contribution < -0.4 is 0 Å². The third kappa shape index (κ3) is 2960. The predicted octanol–water partition coefficient (Wildman–Crippen LogP) is 5.84. The summed E-state index contributed by atoms with van der Waals surface area (Å²) < 4.78 is 0. The summed E-state index contributed by atoms with van der Waals surface area (Å²) in [5.74, 6) is 24.2. The van der Waals surface area contributed by atoms with Gasteiger partial charge in [0.1, 0.15) is 0 Å². The molecule has 0 saturated heterocycles. The van der Waals surface area contributed by atoms with E-state index in [1.807, 2.05) is 0 Å². The van der Waals surface area contributed by atoms with Gasteiger partial charge in [-0.2, -0.15) is 0 Å². The second kappa shape index (κ2) is 0.459. The van der Waals surface area contributed by atoms with E-state index >= 15 is 0 Å². The van der Waals surface area contributed by atoms with Crippen molar-refractivity contribution < 1.29 is 6.37 Å². The van der Waals surface area contributed by atoms with E-state index in [1.165, 1.54) is 0 Å². The molecule has 0 aliphatic carbocycles. The molecule has 0 spiro atoms. The van der Waals surface area contributed by atoms with Gasteiger partial charge in [0, 0.05) is 0 Å². The van der Waals surface area contributed by atoms with Crippen molar-refractivity contribution in [2.24, 2.45) is 0 Å². The molecule has 0 aromatic carbocycles. The van der Waals surface area contributed by atoms with Crippen molar-refractivity contribution in [3.8, 4) is 0 Å². The van der Waals surface area contributed by atoms with E-state index in [0.717, 1.165) is 0 Å². The molecular formula is C10H30Co. The van der Waals surface area contributed by atoms with Gasteiger partial charge < -0.3 is 0 Å². The van der Waals surface area contributed by atoms with Gasteiger partial charge >= 0.3 is 64.9 Å². The average molecular weight is 209 g/mol. The van der Waals surface area contributed by atoms with Gasteiger partial charge in [-0.1, -0.05) is 0 Å². The van der Waals surface area contributed by atoms with Crippen molar-refractivity contribution in [2.45, 2.75) is 58.6 Å². The van der Waals surface area contributed by atoms with Crippen LogP contribution in [-0.4, -0.2) is 0 Å². The fourth-order valence-electron chi connectivity index (χ4n) is 0. The summed E-state index contributed by atoms with van der Waals surface area (Å²) in [5.41, 5.74) is 0. The standard InChI is InChI=1S/10CH3.Co/h10*1H3;. The molecule has 0 aromatic rings. The van der Waals surface area contributed by atoms with E-state index in [0.29, 0.717) is 0 Å². The molecule has 0 aliphatic rings. The van der Waals surface area contributed by atoms with Gasteiger partial charge in [-0.05, 0) is 0 Å². The normalized spacial score (nSPS) is 39.1. The van der Waals surface area contributed by atoms with Gasteiger partial charge in [0.15, 0.2) is 0 Å². The van der Waals surface area contributed by atoms with Gasteiger partial charge in [0.2, 0.25) is 0 Å². The molecule has 0 amide bonds. The minimum absolute atomic E-state index is 2.42. The molecule has 0 nitrogen and oxygen atoms in total. The van der Waals surface area contributed by atoms with Crippen LogP contribution in [0.25, 0.3) is 0 Å². The second-order valence-corrected chi connectivity index (χ2v) is 61.8. The summed E-state index contributed by atoms with van der Waals surface area (Å²) in [7, 11) is 0. The molecule has 0 bridgehead atoms. The van der Waals surface area contributed by atoms with Crippen LogP contribution in [0.15, 0.2) is 0 Å². The van der Waals surface area contributed by atoms with Crippen molar-refractivity contribution in [1.82, 2.24) is 0 Å². The van der Waals surface area contributed by atoms with Crippen LogP contribution in [0, 0.1) is 0 Å². The molecular weight excluding hydrogens is 179 g/mol. The Labute approximate surface area is 65.3 Å². The van der Waals surface area contributed by atoms with Crippen LogP contribution >= 0.6 is 0 Å².